The highest BCUT2D eigenvalue weighted by Crippen LogP contribution is 2.31. The number of hydrogen-bond donors (Lipinski definition) is 1. The number of nitrogens with one attached hydrogen (secondary N) is 1. The summed E-state index contributed by atoms with van der Waals surface area (Å²) in [6.07, 6.45) is 5.19. The molecule has 1 aromatic rings. The first-order valence-corrected chi connectivity index (χ1v) is 8.32. The summed E-state index contributed by atoms with van der Waals surface area (Å²) in [5.74, 6) is 0.259. The quantitative estimate of drug-likeness (QED) is 0.821. The molecule has 2 unspecified atom stereocenters. The fourth-order valence-electron chi connectivity index (χ4n) is 2.84. The van der Waals surface area contributed by atoms with Crippen molar-refractivity contribution in [3.8, 4) is 0 Å². The van der Waals surface area contributed by atoms with Gasteiger partial charge in [-0.25, -0.2) is 0 Å². The van der Waals surface area contributed by atoms with Crippen molar-refractivity contribution in [1.82, 2.24) is 5.32 Å². The van der Waals surface area contributed by atoms with Gasteiger partial charge in [0.05, 0.1) is 5.92 Å². The first-order chi connectivity index (χ1) is 9.26. The van der Waals surface area contributed by atoms with Crippen LogP contribution in [0.1, 0.15) is 49.7 Å². The maximum Gasteiger partial charge on any atom is 0.227 e. The summed E-state index contributed by atoms with van der Waals surface area (Å²) in [5.41, 5.74) is 2.59. The lowest BCUT2D eigenvalue weighted by molar-refractivity contribution is -0.123. The lowest BCUT2D eigenvalue weighted by Gasteiger charge is -2.26. The van der Waals surface area contributed by atoms with Crippen LogP contribution in [-0.2, 0) is 11.2 Å². The number of carbonyl (C=O) groups is 1. The maximum absolute atomic E-state index is 12.5. The Balaban J connectivity index is 2.08. The Kier molecular flexibility index (Phi) is 5.44. The van der Waals surface area contributed by atoms with Crippen LogP contribution >= 0.6 is 15.9 Å². The van der Waals surface area contributed by atoms with Crippen LogP contribution in [0.25, 0.3) is 0 Å². The highest BCUT2D eigenvalue weighted by atomic mass is 79.9. The van der Waals surface area contributed by atoms with Crippen molar-refractivity contribution < 1.29 is 4.79 Å². The van der Waals surface area contributed by atoms with Crippen molar-refractivity contribution in [2.45, 2.75) is 51.0 Å². The molecule has 2 nitrogen and oxygen atoms in total. The van der Waals surface area contributed by atoms with Gasteiger partial charge in [-0.15, -0.1) is 0 Å². The van der Waals surface area contributed by atoms with E-state index < -0.39 is 0 Å². The Hall–Kier alpha value is -0.830. The zero-order valence-corrected chi connectivity index (χ0v) is 13.1. The molecule has 19 heavy (non-hydrogen) atoms. The third-order valence-corrected chi connectivity index (χ3v) is 4.44. The molecule has 1 aliphatic carbocycles. The van der Waals surface area contributed by atoms with Gasteiger partial charge in [0.15, 0.2) is 0 Å². The first kappa shape index (κ1) is 14.6. The van der Waals surface area contributed by atoms with E-state index in [1.807, 2.05) is 6.07 Å². The van der Waals surface area contributed by atoms with Gasteiger partial charge >= 0.3 is 0 Å². The number of carbonyl (C=O) groups excluding carboxylic acids is 1. The van der Waals surface area contributed by atoms with Crippen LogP contribution in [0.2, 0.25) is 0 Å². The van der Waals surface area contributed by atoms with Crippen molar-refractivity contribution >= 4 is 21.8 Å². The van der Waals surface area contributed by atoms with Crippen LogP contribution in [0.4, 0.5) is 0 Å². The van der Waals surface area contributed by atoms with E-state index >= 15 is 0 Å². The fraction of sp³-hybridized carbons (Fsp3) is 0.562. The van der Waals surface area contributed by atoms with Crippen LogP contribution in [0, 0.1) is 0 Å². The van der Waals surface area contributed by atoms with Gasteiger partial charge in [0, 0.05) is 11.4 Å². The Morgan fingerprint density at radius 3 is 3.00 bits per heavy atom. The predicted molar refractivity (Wildman–Crippen MR) is 82.8 cm³/mol. The maximum atomic E-state index is 12.5. The summed E-state index contributed by atoms with van der Waals surface area (Å²) in [6.45, 7) is 2.13. The number of benzene rings is 1. The van der Waals surface area contributed by atoms with Crippen molar-refractivity contribution in [2.75, 3.05) is 5.33 Å². The van der Waals surface area contributed by atoms with Gasteiger partial charge in [-0.3, -0.25) is 4.79 Å². The highest BCUT2D eigenvalue weighted by molar-refractivity contribution is 9.09. The Morgan fingerprint density at radius 1 is 1.47 bits per heavy atom. The van der Waals surface area contributed by atoms with Gasteiger partial charge in [-0.05, 0) is 43.2 Å². The normalized spacial score (nSPS) is 19.6. The van der Waals surface area contributed by atoms with Crippen LogP contribution in [0.15, 0.2) is 24.3 Å². The molecule has 1 aromatic carbocycles. The molecule has 0 bridgehead atoms. The number of hydrogen-bond acceptors (Lipinski definition) is 1. The van der Waals surface area contributed by atoms with Gasteiger partial charge in [0.25, 0.3) is 0 Å². The van der Waals surface area contributed by atoms with E-state index in [0.717, 1.165) is 37.4 Å². The average molecular weight is 324 g/mol. The standard InChI is InChI=1S/C16H22BrNO/c1-2-13(10-11-17)18-16(19)15-9-5-7-12-6-3-4-8-14(12)15/h3-4,6,8,13,15H,2,5,7,9-11H2,1H3,(H,18,19). The van der Waals surface area contributed by atoms with E-state index in [1.54, 1.807) is 0 Å². The SMILES string of the molecule is CCC(CCBr)NC(=O)C1CCCc2ccccc21. The Morgan fingerprint density at radius 2 is 2.26 bits per heavy atom. The molecule has 0 heterocycles. The third-order valence-electron chi connectivity index (χ3n) is 3.98. The third kappa shape index (κ3) is 3.59. The van der Waals surface area contributed by atoms with Crippen LogP contribution in [0.3, 0.4) is 0 Å². The molecule has 2 atom stereocenters. The zero-order chi connectivity index (χ0) is 13.7. The summed E-state index contributed by atoms with van der Waals surface area (Å²) >= 11 is 3.45. The minimum Gasteiger partial charge on any atom is -0.353 e. The molecule has 0 saturated heterocycles. The lowest BCUT2D eigenvalue weighted by atomic mass is 9.82. The molecule has 1 N–H and O–H groups in total. The molecule has 0 saturated carbocycles. The Bertz CT molecular complexity index is 433. The second kappa shape index (κ2) is 7.09. The monoisotopic (exact) mass is 323 g/mol. The molecule has 0 radical (unpaired) electrons. The minimum atomic E-state index is 0.0503. The van der Waals surface area contributed by atoms with E-state index in [0.29, 0.717) is 6.04 Å². The van der Waals surface area contributed by atoms with Crippen molar-refractivity contribution in [1.29, 1.82) is 0 Å². The van der Waals surface area contributed by atoms with Gasteiger partial charge < -0.3 is 5.32 Å². The molecule has 1 aliphatic rings. The van der Waals surface area contributed by atoms with Crippen molar-refractivity contribution in [2.24, 2.45) is 0 Å². The lowest BCUT2D eigenvalue weighted by Crippen LogP contribution is -2.39. The van der Waals surface area contributed by atoms with E-state index in [4.69, 9.17) is 0 Å². The number of aryl methyl sites for hydroxylation is 1. The van der Waals surface area contributed by atoms with E-state index in [9.17, 15) is 4.79 Å². The molecule has 2 rings (SSSR count). The number of rotatable bonds is 5. The predicted octanol–water partition coefficient (Wildman–Crippen LogP) is 3.79. The Labute approximate surface area is 124 Å². The molecule has 0 spiro atoms. The largest absolute Gasteiger partial charge is 0.353 e. The molecule has 104 valence electrons. The van der Waals surface area contributed by atoms with E-state index in [1.165, 1.54) is 11.1 Å². The number of fused-ring (bicyclic) bond motifs is 1. The summed E-state index contributed by atoms with van der Waals surface area (Å²) in [4.78, 5) is 12.5. The smallest absolute Gasteiger partial charge is 0.227 e. The highest BCUT2D eigenvalue weighted by Gasteiger charge is 2.27. The summed E-state index contributed by atoms with van der Waals surface area (Å²) < 4.78 is 0. The van der Waals surface area contributed by atoms with Gasteiger partial charge in [0.1, 0.15) is 0 Å². The van der Waals surface area contributed by atoms with Crippen LogP contribution in [-0.4, -0.2) is 17.3 Å². The number of amides is 1. The van der Waals surface area contributed by atoms with E-state index in [-0.39, 0.29) is 11.8 Å². The van der Waals surface area contributed by atoms with Crippen LogP contribution < -0.4 is 5.32 Å². The molecule has 0 aromatic heterocycles. The summed E-state index contributed by atoms with van der Waals surface area (Å²) in [5, 5.41) is 4.15. The number of halogens is 1. The van der Waals surface area contributed by atoms with E-state index in [2.05, 4.69) is 46.4 Å². The zero-order valence-electron chi connectivity index (χ0n) is 11.5. The average Bonchev–Trinajstić information content (AvgIpc) is 2.46. The summed E-state index contributed by atoms with van der Waals surface area (Å²) in [6, 6.07) is 8.68. The molecule has 3 heteroatoms. The molecule has 1 amide bonds. The topological polar surface area (TPSA) is 29.1 Å². The second-order valence-electron chi connectivity index (χ2n) is 5.24. The second-order valence-corrected chi connectivity index (χ2v) is 6.03. The first-order valence-electron chi connectivity index (χ1n) is 7.20. The van der Waals surface area contributed by atoms with Gasteiger partial charge in [-0.1, -0.05) is 47.1 Å². The van der Waals surface area contributed by atoms with Crippen molar-refractivity contribution in [3.63, 3.8) is 0 Å². The minimum absolute atomic E-state index is 0.0503. The van der Waals surface area contributed by atoms with Crippen molar-refractivity contribution in [3.05, 3.63) is 35.4 Å². The van der Waals surface area contributed by atoms with Crippen LogP contribution in [0.5, 0.6) is 0 Å². The summed E-state index contributed by atoms with van der Waals surface area (Å²) in [7, 11) is 0. The van der Waals surface area contributed by atoms with Gasteiger partial charge in [0.2, 0.25) is 5.91 Å². The van der Waals surface area contributed by atoms with Gasteiger partial charge in [-0.2, -0.15) is 0 Å². The molecule has 0 aliphatic heterocycles. The fourth-order valence-corrected chi connectivity index (χ4v) is 3.39. The molecular formula is C16H22BrNO. The molecule has 0 fully saturated rings. The molecular weight excluding hydrogens is 302 g/mol. The number of alkyl halides is 1.